The maximum absolute atomic E-state index is 13.3. The first-order chi connectivity index (χ1) is 13.6. The van der Waals surface area contributed by atoms with Crippen molar-refractivity contribution in [3.05, 3.63) is 23.8 Å². The van der Waals surface area contributed by atoms with Crippen LogP contribution in [0.5, 0.6) is 11.5 Å². The second kappa shape index (κ2) is 9.50. The Morgan fingerprint density at radius 2 is 1.79 bits per heavy atom. The summed E-state index contributed by atoms with van der Waals surface area (Å²) in [5.74, 6) is 0.605. The average molecular weight is 409 g/mol. The maximum Gasteiger partial charge on any atom is 0.247 e. The van der Waals surface area contributed by atoms with Crippen LogP contribution in [0, 0.1) is 0 Å². The minimum Gasteiger partial charge on any atom is -0.493 e. The number of alkyl halides is 1. The van der Waals surface area contributed by atoms with Gasteiger partial charge in [-0.3, -0.25) is 9.59 Å². The highest BCUT2D eigenvalue weighted by atomic mass is 35.5. The van der Waals surface area contributed by atoms with Gasteiger partial charge in [0.05, 0.1) is 14.2 Å². The Bertz CT molecular complexity index is 702. The number of methoxy groups -OCH3 is 2. The number of ether oxygens (including phenoxy) is 2. The molecule has 0 aliphatic heterocycles. The summed E-state index contributed by atoms with van der Waals surface area (Å²) in [4.78, 5) is 27.6. The van der Waals surface area contributed by atoms with Crippen molar-refractivity contribution < 1.29 is 19.1 Å². The lowest BCUT2D eigenvalue weighted by Gasteiger charge is -2.33. The molecule has 2 amide bonds. The Hall–Kier alpha value is -1.95. The third-order valence-corrected chi connectivity index (χ3v) is 5.77. The first-order valence-corrected chi connectivity index (χ1v) is 10.5. The van der Waals surface area contributed by atoms with Gasteiger partial charge in [-0.2, -0.15) is 0 Å². The molecule has 1 N–H and O–H groups in total. The SMILES string of the molecule is COc1ccc(C(C(=O)NC2CCCCC2)N(C(=O)CCl)C2CC2)cc1OC. The average Bonchev–Trinajstić information content (AvgIpc) is 3.56. The maximum atomic E-state index is 13.3. The van der Waals surface area contributed by atoms with Crippen molar-refractivity contribution in [1.29, 1.82) is 0 Å². The fourth-order valence-electron chi connectivity index (χ4n) is 3.97. The van der Waals surface area contributed by atoms with Gasteiger partial charge in [0.1, 0.15) is 11.9 Å². The van der Waals surface area contributed by atoms with E-state index in [1.54, 1.807) is 31.3 Å². The molecule has 1 unspecified atom stereocenters. The number of rotatable bonds is 8. The van der Waals surface area contributed by atoms with Gasteiger partial charge in [0.25, 0.3) is 0 Å². The molecule has 0 aromatic heterocycles. The van der Waals surface area contributed by atoms with E-state index in [1.165, 1.54) is 6.42 Å². The highest BCUT2D eigenvalue weighted by molar-refractivity contribution is 6.27. The topological polar surface area (TPSA) is 67.9 Å². The van der Waals surface area contributed by atoms with Gasteiger partial charge in [-0.15, -0.1) is 11.6 Å². The van der Waals surface area contributed by atoms with Crippen molar-refractivity contribution in [2.24, 2.45) is 0 Å². The number of benzene rings is 1. The van der Waals surface area contributed by atoms with Crippen LogP contribution in [0.4, 0.5) is 0 Å². The number of nitrogens with zero attached hydrogens (tertiary/aromatic N) is 1. The van der Waals surface area contributed by atoms with Crippen molar-refractivity contribution in [2.75, 3.05) is 20.1 Å². The molecule has 2 aliphatic rings. The fraction of sp³-hybridized carbons (Fsp3) is 0.619. The van der Waals surface area contributed by atoms with Gasteiger partial charge in [-0.25, -0.2) is 0 Å². The van der Waals surface area contributed by atoms with Gasteiger partial charge in [-0.05, 0) is 43.4 Å². The van der Waals surface area contributed by atoms with E-state index in [0.717, 1.165) is 38.5 Å². The lowest BCUT2D eigenvalue weighted by molar-refractivity contribution is -0.140. The molecule has 7 heteroatoms. The molecule has 0 heterocycles. The molecule has 0 saturated heterocycles. The Balaban J connectivity index is 1.93. The van der Waals surface area contributed by atoms with Gasteiger partial charge in [0.2, 0.25) is 11.8 Å². The normalized spacial score (nSPS) is 18.2. The summed E-state index contributed by atoms with van der Waals surface area (Å²) in [5.41, 5.74) is 0.705. The van der Waals surface area contributed by atoms with E-state index in [1.807, 2.05) is 6.07 Å². The molecule has 1 aromatic carbocycles. The van der Waals surface area contributed by atoms with E-state index < -0.39 is 6.04 Å². The predicted octanol–water partition coefficient (Wildman–Crippen LogP) is 3.42. The van der Waals surface area contributed by atoms with E-state index in [4.69, 9.17) is 21.1 Å². The van der Waals surface area contributed by atoms with Crippen LogP contribution in [0.25, 0.3) is 0 Å². The summed E-state index contributed by atoms with van der Waals surface area (Å²) in [5, 5.41) is 3.18. The van der Waals surface area contributed by atoms with Gasteiger partial charge in [0, 0.05) is 12.1 Å². The third-order valence-electron chi connectivity index (χ3n) is 5.54. The van der Waals surface area contributed by atoms with Crippen LogP contribution in [0.1, 0.15) is 56.6 Å². The van der Waals surface area contributed by atoms with Crippen LogP contribution in [-0.4, -0.2) is 48.9 Å². The lowest BCUT2D eigenvalue weighted by atomic mass is 9.94. The molecule has 3 rings (SSSR count). The Kier molecular flexibility index (Phi) is 7.05. The number of nitrogens with one attached hydrogen (secondary N) is 1. The molecule has 2 aliphatic carbocycles. The molecular formula is C21H29ClN2O4. The van der Waals surface area contributed by atoms with Crippen LogP contribution in [0.15, 0.2) is 18.2 Å². The number of hydrogen-bond donors (Lipinski definition) is 1. The smallest absolute Gasteiger partial charge is 0.247 e. The van der Waals surface area contributed by atoms with Crippen LogP contribution in [0.2, 0.25) is 0 Å². The standard InChI is InChI=1S/C21H29ClN2O4/c1-27-17-11-8-14(12-18(17)28-2)20(24(16-9-10-16)19(25)13-22)21(26)23-15-6-4-3-5-7-15/h8,11-12,15-16,20H,3-7,9-10,13H2,1-2H3,(H,23,26). The van der Waals surface area contributed by atoms with Crippen molar-refractivity contribution in [2.45, 2.75) is 63.1 Å². The predicted molar refractivity (Wildman–Crippen MR) is 108 cm³/mol. The molecular weight excluding hydrogens is 380 g/mol. The van der Waals surface area contributed by atoms with Crippen molar-refractivity contribution >= 4 is 23.4 Å². The fourth-order valence-corrected chi connectivity index (χ4v) is 4.11. The number of amides is 2. The molecule has 154 valence electrons. The molecule has 2 fully saturated rings. The third kappa shape index (κ3) is 4.72. The molecule has 0 spiro atoms. The molecule has 6 nitrogen and oxygen atoms in total. The molecule has 1 aromatic rings. The van der Waals surface area contributed by atoms with E-state index in [0.29, 0.717) is 17.1 Å². The zero-order chi connectivity index (χ0) is 20.1. The van der Waals surface area contributed by atoms with Gasteiger partial charge >= 0.3 is 0 Å². The molecule has 28 heavy (non-hydrogen) atoms. The summed E-state index contributed by atoms with van der Waals surface area (Å²) in [7, 11) is 3.12. The lowest BCUT2D eigenvalue weighted by Crippen LogP contribution is -2.48. The van der Waals surface area contributed by atoms with E-state index in [2.05, 4.69) is 5.32 Å². The summed E-state index contributed by atoms with van der Waals surface area (Å²) in [6.45, 7) is 0. The van der Waals surface area contributed by atoms with Gasteiger partial charge in [-0.1, -0.05) is 25.3 Å². The first kappa shape index (κ1) is 20.8. The van der Waals surface area contributed by atoms with Crippen molar-refractivity contribution in [3.63, 3.8) is 0 Å². The summed E-state index contributed by atoms with van der Waals surface area (Å²) >= 11 is 5.89. The van der Waals surface area contributed by atoms with Crippen LogP contribution >= 0.6 is 11.6 Å². The Morgan fingerprint density at radius 3 is 2.36 bits per heavy atom. The quantitative estimate of drug-likeness (QED) is 0.669. The minimum absolute atomic E-state index is 0.0569. The Labute approximate surface area is 171 Å². The number of carbonyl (C=O) groups excluding carboxylic acids is 2. The van der Waals surface area contributed by atoms with Crippen molar-refractivity contribution in [3.8, 4) is 11.5 Å². The van der Waals surface area contributed by atoms with E-state index in [-0.39, 0.29) is 29.8 Å². The minimum atomic E-state index is -0.722. The zero-order valence-electron chi connectivity index (χ0n) is 16.6. The molecule has 1 atom stereocenters. The van der Waals surface area contributed by atoms with Crippen LogP contribution < -0.4 is 14.8 Å². The first-order valence-electron chi connectivity index (χ1n) is 9.98. The van der Waals surface area contributed by atoms with E-state index in [9.17, 15) is 9.59 Å². The number of carbonyl (C=O) groups is 2. The monoisotopic (exact) mass is 408 g/mol. The highest BCUT2D eigenvalue weighted by Crippen LogP contribution is 2.38. The van der Waals surface area contributed by atoms with Gasteiger partial charge < -0.3 is 19.7 Å². The number of halogens is 1. The largest absolute Gasteiger partial charge is 0.493 e. The van der Waals surface area contributed by atoms with Crippen LogP contribution in [0.3, 0.4) is 0 Å². The highest BCUT2D eigenvalue weighted by Gasteiger charge is 2.41. The molecule has 2 saturated carbocycles. The number of hydrogen-bond acceptors (Lipinski definition) is 4. The van der Waals surface area contributed by atoms with Crippen molar-refractivity contribution in [1.82, 2.24) is 10.2 Å². The van der Waals surface area contributed by atoms with E-state index >= 15 is 0 Å². The molecule has 0 bridgehead atoms. The van der Waals surface area contributed by atoms with Crippen LogP contribution in [-0.2, 0) is 9.59 Å². The second-order valence-electron chi connectivity index (χ2n) is 7.53. The second-order valence-corrected chi connectivity index (χ2v) is 7.79. The summed E-state index contributed by atoms with van der Waals surface area (Å²) in [6, 6.07) is 4.87. The Morgan fingerprint density at radius 1 is 1.11 bits per heavy atom. The zero-order valence-corrected chi connectivity index (χ0v) is 17.3. The summed E-state index contributed by atoms with van der Waals surface area (Å²) < 4.78 is 10.7. The van der Waals surface area contributed by atoms with Gasteiger partial charge in [0.15, 0.2) is 11.5 Å². The molecule has 0 radical (unpaired) electrons. The summed E-state index contributed by atoms with van der Waals surface area (Å²) in [6.07, 6.45) is 7.21.